The summed E-state index contributed by atoms with van der Waals surface area (Å²) >= 11 is 0. The molecular formula is C8H16O4Si2. The van der Waals surface area contributed by atoms with Crippen molar-refractivity contribution in [2.45, 2.75) is 26.2 Å². The molecule has 0 unspecified atom stereocenters. The van der Waals surface area contributed by atoms with Crippen LogP contribution in [-0.2, 0) is 18.4 Å². The first-order chi connectivity index (χ1) is 6.41. The van der Waals surface area contributed by atoms with Crippen molar-refractivity contribution in [3.05, 3.63) is 12.2 Å². The van der Waals surface area contributed by atoms with Gasteiger partial charge in [-0.05, 0) is 26.2 Å². The fourth-order valence-electron chi connectivity index (χ4n) is 0.679. The van der Waals surface area contributed by atoms with Crippen LogP contribution in [0.15, 0.2) is 12.2 Å². The molecule has 0 fully saturated rings. The second-order valence-corrected chi connectivity index (χ2v) is 7.97. The Kier molecular flexibility index (Phi) is 6.14. The Balaban J connectivity index is 3.92. The molecule has 6 heteroatoms. The lowest BCUT2D eigenvalue weighted by atomic mass is 10.5. The Morgan fingerprint density at radius 1 is 0.857 bits per heavy atom. The molecule has 0 atom stereocenters. The molecule has 0 aliphatic heterocycles. The molecule has 0 rings (SSSR count). The first kappa shape index (κ1) is 13.1. The van der Waals surface area contributed by atoms with Crippen molar-refractivity contribution in [1.82, 2.24) is 0 Å². The number of hydrogen-bond donors (Lipinski definition) is 0. The molecule has 0 spiro atoms. The van der Waals surface area contributed by atoms with Gasteiger partial charge in [0, 0.05) is 12.2 Å². The van der Waals surface area contributed by atoms with E-state index in [2.05, 4.69) is 0 Å². The van der Waals surface area contributed by atoms with Crippen LogP contribution in [0, 0.1) is 0 Å². The molecule has 0 aromatic carbocycles. The summed E-state index contributed by atoms with van der Waals surface area (Å²) in [5, 5.41) is 0. The lowest BCUT2D eigenvalue weighted by molar-refractivity contribution is -0.131. The second kappa shape index (κ2) is 6.55. The lowest BCUT2D eigenvalue weighted by Gasteiger charge is -2.04. The van der Waals surface area contributed by atoms with E-state index in [9.17, 15) is 9.59 Å². The van der Waals surface area contributed by atoms with E-state index in [4.69, 9.17) is 8.85 Å². The van der Waals surface area contributed by atoms with Gasteiger partial charge in [0.15, 0.2) is 0 Å². The minimum absolute atomic E-state index is 0.464. The molecule has 0 heterocycles. The van der Waals surface area contributed by atoms with E-state index in [0.29, 0.717) is 0 Å². The van der Waals surface area contributed by atoms with Crippen molar-refractivity contribution in [2.75, 3.05) is 0 Å². The zero-order valence-corrected chi connectivity index (χ0v) is 11.3. The molecule has 14 heavy (non-hydrogen) atoms. The number of hydrogen-bond acceptors (Lipinski definition) is 4. The summed E-state index contributed by atoms with van der Waals surface area (Å²) in [6.07, 6.45) is 2.23. The Morgan fingerprint density at radius 2 is 1.14 bits per heavy atom. The fourth-order valence-corrected chi connectivity index (χ4v) is 1.77. The summed E-state index contributed by atoms with van der Waals surface area (Å²) in [7, 11) is -2.73. The summed E-state index contributed by atoms with van der Waals surface area (Å²) in [5.41, 5.74) is 0. The first-order valence-corrected chi connectivity index (χ1v) is 10.1. The van der Waals surface area contributed by atoms with E-state index >= 15 is 0 Å². The van der Waals surface area contributed by atoms with E-state index in [-0.39, 0.29) is 0 Å². The van der Waals surface area contributed by atoms with Crippen LogP contribution in [0.4, 0.5) is 0 Å². The van der Waals surface area contributed by atoms with Crippen molar-refractivity contribution >= 4 is 30.0 Å². The SMILES string of the molecule is C[SiH](C)OC(=O)/C=C\C(=O)O[SiH](C)C. The van der Waals surface area contributed by atoms with Crippen LogP contribution >= 0.6 is 0 Å². The number of carbonyl (C=O) groups is 2. The molecule has 0 bridgehead atoms. The van der Waals surface area contributed by atoms with Gasteiger partial charge < -0.3 is 8.85 Å². The van der Waals surface area contributed by atoms with Crippen LogP contribution < -0.4 is 0 Å². The number of carbonyl (C=O) groups excluding carboxylic acids is 2. The van der Waals surface area contributed by atoms with Gasteiger partial charge in [0.25, 0.3) is 0 Å². The molecule has 0 amide bonds. The second-order valence-electron chi connectivity index (χ2n) is 3.30. The van der Waals surface area contributed by atoms with Crippen molar-refractivity contribution in [3.8, 4) is 0 Å². The van der Waals surface area contributed by atoms with Crippen molar-refractivity contribution in [2.24, 2.45) is 0 Å². The average Bonchev–Trinajstić information content (AvgIpc) is 1.98. The predicted molar refractivity (Wildman–Crippen MR) is 59.1 cm³/mol. The van der Waals surface area contributed by atoms with Crippen LogP contribution in [0.25, 0.3) is 0 Å². The highest BCUT2D eigenvalue weighted by Crippen LogP contribution is 1.90. The minimum atomic E-state index is -1.36. The molecule has 4 nitrogen and oxygen atoms in total. The quantitative estimate of drug-likeness (QED) is 0.526. The van der Waals surface area contributed by atoms with Crippen LogP contribution in [0.2, 0.25) is 26.2 Å². The zero-order chi connectivity index (χ0) is 11.1. The lowest BCUT2D eigenvalue weighted by Crippen LogP contribution is -2.15. The first-order valence-electron chi connectivity index (χ1n) is 4.51. The summed E-state index contributed by atoms with van der Waals surface area (Å²) in [6.45, 7) is 7.52. The summed E-state index contributed by atoms with van der Waals surface area (Å²) in [6, 6.07) is 0. The van der Waals surface area contributed by atoms with Gasteiger partial charge in [-0.25, -0.2) is 9.59 Å². The average molecular weight is 232 g/mol. The Hall–Kier alpha value is -0.886. The number of rotatable bonds is 4. The van der Waals surface area contributed by atoms with Crippen LogP contribution in [0.1, 0.15) is 0 Å². The van der Waals surface area contributed by atoms with Crippen LogP contribution in [0.5, 0.6) is 0 Å². The van der Waals surface area contributed by atoms with E-state index in [1.54, 1.807) is 0 Å². The van der Waals surface area contributed by atoms with Crippen LogP contribution in [-0.4, -0.2) is 30.0 Å². The summed E-state index contributed by atoms with van der Waals surface area (Å²) in [4.78, 5) is 21.9. The van der Waals surface area contributed by atoms with E-state index in [1.807, 2.05) is 26.2 Å². The standard InChI is InChI=1S/C8H16O4Si2/c1-13(2)11-7(9)5-6-8(10)12-14(3)4/h5-6,13-14H,1-4H3/b6-5-. The van der Waals surface area contributed by atoms with Gasteiger partial charge in [-0.3, -0.25) is 0 Å². The van der Waals surface area contributed by atoms with Gasteiger partial charge in [-0.1, -0.05) is 0 Å². The highest BCUT2D eigenvalue weighted by atomic mass is 28.3. The third-order valence-corrected chi connectivity index (χ3v) is 2.47. The molecule has 0 aliphatic rings. The van der Waals surface area contributed by atoms with E-state index in [1.165, 1.54) is 0 Å². The maximum atomic E-state index is 11.0. The highest BCUT2D eigenvalue weighted by molar-refractivity contribution is 6.51. The molecule has 0 saturated carbocycles. The van der Waals surface area contributed by atoms with Crippen molar-refractivity contribution in [3.63, 3.8) is 0 Å². The van der Waals surface area contributed by atoms with Gasteiger partial charge in [-0.2, -0.15) is 0 Å². The predicted octanol–water partition coefficient (Wildman–Crippen LogP) is 0.596. The fraction of sp³-hybridized carbons (Fsp3) is 0.500. The molecule has 80 valence electrons. The van der Waals surface area contributed by atoms with Crippen LogP contribution in [0.3, 0.4) is 0 Å². The van der Waals surface area contributed by atoms with Gasteiger partial charge in [0.05, 0.1) is 0 Å². The Labute approximate surface area is 87.4 Å². The largest absolute Gasteiger partial charge is 0.519 e. The maximum absolute atomic E-state index is 11.0. The van der Waals surface area contributed by atoms with E-state index < -0.39 is 30.0 Å². The molecule has 0 saturated heterocycles. The molecule has 0 radical (unpaired) electrons. The van der Waals surface area contributed by atoms with Crippen molar-refractivity contribution < 1.29 is 18.4 Å². The molecule has 0 aliphatic carbocycles. The molecule has 0 aromatic heterocycles. The molecular weight excluding hydrogens is 216 g/mol. The smallest absolute Gasteiger partial charge is 0.317 e. The third-order valence-electron chi connectivity index (χ3n) is 1.06. The maximum Gasteiger partial charge on any atom is 0.317 e. The topological polar surface area (TPSA) is 52.6 Å². The van der Waals surface area contributed by atoms with E-state index in [0.717, 1.165) is 12.2 Å². The normalized spacial score (nSPS) is 11.0. The van der Waals surface area contributed by atoms with Gasteiger partial charge >= 0.3 is 11.9 Å². The monoisotopic (exact) mass is 232 g/mol. The molecule has 0 aromatic rings. The van der Waals surface area contributed by atoms with Gasteiger partial charge in [-0.15, -0.1) is 0 Å². The Bertz CT molecular complexity index is 211. The van der Waals surface area contributed by atoms with Gasteiger partial charge in [0.2, 0.25) is 18.1 Å². The zero-order valence-electron chi connectivity index (χ0n) is 8.94. The minimum Gasteiger partial charge on any atom is -0.519 e. The third kappa shape index (κ3) is 7.75. The summed E-state index contributed by atoms with van der Waals surface area (Å²) in [5.74, 6) is -0.928. The Morgan fingerprint density at radius 3 is 1.36 bits per heavy atom. The molecule has 0 N–H and O–H groups in total. The highest BCUT2D eigenvalue weighted by Gasteiger charge is 2.05. The van der Waals surface area contributed by atoms with Gasteiger partial charge in [0.1, 0.15) is 0 Å². The summed E-state index contributed by atoms with van der Waals surface area (Å²) < 4.78 is 9.84. The van der Waals surface area contributed by atoms with Crippen molar-refractivity contribution in [1.29, 1.82) is 0 Å².